The maximum absolute atomic E-state index is 12.6. The van der Waals surface area contributed by atoms with Crippen molar-refractivity contribution in [3.63, 3.8) is 0 Å². The first-order valence-electron chi connectivity index (χ1n) is 7.34. The van der Waals surface area contributed by atoms with Crippen molar-refractivity contribution in [2.45, 2.75) is 37.1 Å². The fourth-order valence-electron chi connectivity index (χ4n) is 3.32. The van der Waals surface area contributed by atoms with Gasteiger partial charge in [-0.1, -0.05) is 0 Å². The van der Waals surface area contributed by atoms with Gasteiger partial charge in [0.2, 0.25) is 5.88 Å². The molecule has 0 spiro atoms. The molecule has 1 aliphatic heterocycles. The van der Waals surface area contributed by atoms with Crippen molar-refractivity contribution >= 4 is 5.97 Å². The van der Waals surface area contributed by atoms with Crippen molar-refractivity contribution in [3.8, 4) is 5.88 Å². The number of esters is 1. The molecule has 2 bridgehead atoms. The van der Waals surface area contributed by atoms with E-state index in [-0.39, 0.29) is 18.3 Å². The molecule has 3 unspecified atom stereocenters. The zero-order chi connectivity index (χ0) is 16.5. The second-order valence-corrected chi connectivity index (χ2v) is 5.82. The molecule has 126 valence electrons. The lowest BCUT2D eigenvalue weighted by Gasteiger charge is -2.50. The molecule has 0 aromatic carbocycles. The molecule has 1 aromatic heterocycles. The third-order valence-electron chi connectivity index (χ3n) is 4.27. The largest absolute Gasteiger partial charge is 0.490 e. The van der Waals surface area contributed by atoms with Crippen LogP contribution in [0.3, 0.4) is 0 Å². The highest BCUT2D eigenvalue weighted by Crippen LogP contribution is 2.41. The van der Waals surface area contributed by atoms with Gasteiger partial charge in [0.1, 0.15) is 6.10 Å². The minimum Gasteiger partial charge on any atom is -0.469 e. The lowest BCUT2D eigenvalue weighted by Crippen LogP contribution is -2.66. The molecule has 3 atom stereocenters. The standard InChI is InChI=1S/C14H16F3N3O3/c15-14(16,17)12(21)23-13-3-1-2-9(6-19-8-13)11(13)22-10-7-18-4-5-20-10/h4-5,7,9,11,19H,1-3,6,8H2. The number of fused-ring (bicyclic) bond motifs is 2. The number of hydrogen-bond acceptors (Lipinski definition) is 6. The first-order valence-corrected chi connectivity index (χ1v) is 7.34. The van der Waals surface area contributed by atoms with Crippen molar-refractivity contribution < 1.29 is 27.4 Å². The average Bonchev–Trinajstić information content (AvgIpc) is 2.48. The summed E-state index contributed by atoms with van der Waals surface area (Å²) in [7, 11) is 0. The summed E-state index contributed by atoms with van der Waals surface area (Å²) in [5.74, 6) is -2.03. The number of piperidine rings is 1. The Morgan fingerprint density at radius 1 is 1.39 bits per heavy atom. The molecule has 1 N–H and O–H groups in total. The Kier molecular flexibility index (Phi) is 4.13. The molecule has 23 heavy (non-hydrogen) atoms. The minimum absolute atomic E-state index is 0.0551. The summed E-state index contributed by atoms with van der Waals surface area (Å²) in [6.07, 6.45) is 0.341. The Labute approximate surface area is 130 Å². The average molecular weight is 331 g/mol. The van der Waals surface area contributed by atoms with E-state index < -0.39 is 23.9 Å². The summed E-state index contributed by atoms with van der Waals surface area (Å²) in [5, 5.41) is 3.04. The number of carbonyl (C=O) groups excluding carboxylic acids is 1. The maximum atomic E-state index is 12.6. The van der Waals surface area contributed by atoms with Crippen molar-refractivity contribution in [1.29, 1.82) is 0 Å². The van der Waals surface area contributed by atoms with E-state index in [0.29, 0.717) is 19.4 Å². The number of alkyl halides is 3. The molecule has 1 aliphatic carbocycles. The summed E-state index contributed by atoms with van der Waals surface area (Å²) in [6.45, 7) is 0.715. The molecular weight excluding hydrogens is 315 g/mol. The summed E-state index contributed by atoms with van der Waals surface area (Å²) >= 11 is 0. The minimum atomic E-state index is -5.03. The first kappa shape index (κ1) is 16.0. The van der Waals surface area contributed by atoms with Gasteiger partial charge in [-0.3, -0.25) is 4.98 Å². The Balaban J connectivity index is 1.85. The number of nitrogens with one attached hydrogen (secondary N) is 1. The van der Waals surface area contributed by atoms with Crippen LogP contribution < -0.4 is 10.1 Å². The van der Waals surface area contributed by atoms with Gasteiger partial charge in [-0.2, -0.15) is 13.2 Å². The Morgan fingerprint density at radius 2 is 2.22 bits per heavy atom. The van der Waals surface area contributed by atoms with Crippen LogP contribution >= 0.6 is 0 Å². The number of nitrogens with zero attached hydrogens (tertiary/aromatic N) is 2. The molecule has 9 heteroatoms. The lowest BCUT2D eigenvalue weighted by atomic mass is 9.72. The van der Waals surface area contributed by atoms with E-state index in [4.69, 9.17) is 9.47 Å². The van der Waals surface area contributed by atoms with E-state index in [0.717, 1.165) is 6.42 Å². The highest BCUT2D eigenvalue weighted by molar-refractivity contribution is 5.76. The van der Waals surface area contributed by atoms with Crippen LogP contribution in [-0.2, 0) is 9.53 Å². The van der Waals surface area contributed by atoms with Gasteiger partial charge in [0.25, 0.3) is 0 Å². The fraction of sp³-hybridized carbons (Fsp3) is 0.643. The predicted octanol–water partition coefficient (Wildman–Crippen LogP) is 1.47. The van der Waals surface area contributed by atoms with Crippen molar-refractivity contribution in [2.24, 2.45) is 5.92 Å². The SMILES string of the molecule is O=C(OC12CCCC(CNC1)C2Oc1cnccn1)C(F)(F)F. The fourth-order valence-corrected chi connectivity index (χ4v) is 3.32. The Hall–Kier alpha value is -1.90. The quantitative estimate of drug-likeness (QED) is 0.846. The number of hydrogen-bond donors (Lipinski definition) is 1. The first-order chi connectivity index (χ1) is 10.9. The molecule has 0 amide bonds. The lowest BCUT2D eigenvalue weighted by molar-refractivity contribution is -0.231. The molecule has 3 rings (SSSR count). The zero-order valence-corrected chi connectivity index (χ0v) is 12.2. The highest BCUT2D eigenvalue weighted by Gasteiger charge is 2.56. The van der Waals surface area contributed by atoms with E-state index in [2.05, 4.69) is 15.3 Å². The number of halogens is 3. The van der Waals surface area contributed by atoms with E-state index in [1.807, 2.05) is 0 Å². The van der Waals surface area contributed by atoms with Gasteiger partial charge in [-0.05, 0) is 19.3 Å². The topological polar surface area (TPSA) is 73.3 Å². The van der Waals surface area contributed by atoms with Crippen LogP contribution in [0.4, 0.5) is 13.2 Å². The monoisotopic (exact) mass is 331 g/mol. The second kappa shape index (κ2) is 5.95. The molecule has 1 saturated carbocycles. The van der Waals surface area contributed by atoms with E-state index in [9.17, 15) is 18.0 Å². The molecule has 1 aromatic rings. The van der Waals surface area contributed by atoms with Crippen molar-refractivity contribution in [1.82, 2.24) is 15.3 Å². The number of aromatic nitrogens is 2. The third kappa shape index (κ3) is 3.24. The van der Waals surface area contributed by atoms with Crippen LogP contribution in [0.2, 0.25) is 0 Å². The van der Waals surface area contributed by atoms with E-state index in [1.54, 1.807) is 0 Å². The Morgan fingerprint density at radius 3 is 2.91 bits per heavy atom. The summed E-state index contributed by atoms with van der Waals surface area (Å²) in [5.41, 5.74) is -1.34. The van der Waals surface area contributed by atoms with Gasteiger partial charge >= 0.3 is 12.1 Å². The number of rotatable bonds is 3. The van der Waals surface area contributed by atoms with Crippen LogP contribution in [0.5, 0.6) is 5.88 Å². The number of ether oxygens (including phenoxy) is 2. The molecule has 0 radical (unpaired) electrons. The van der Waals surface area contributed by atoms with Crippen LogP contribution in [-0.4, -0.2) is 46.9 Å². The normalized spacial score (nSPS) is 30.6. The highest BCUT2D eigenvalue weighted by atomic mass is 19.4. The van der Waals surface area contributed by atoms with E-state index >= 15 is 0 Å². The molecule has 2 aliphatic rings. The third-order valence-corrected chi connectivity index (χ3v) is 4.27. The van der Waals surface area contributed by atoms with Crippen LogP contribution in [0.25, 0.3) is 0 Å². The molecular formula is C14H16F3N3O3. The van der Waals surface area contributed by atoms with Crippen LogP contribution in [0.1, 0.15) is 19.3 Å². The zero-order valence-electron chi connectivity index (χ0n) is 12.2. The van der Waals surface area contributed by atoms with Crippen LogP contribution in [0.15, 0.2) is 18.6 Å². The van der Waals surface area contributed by atoms with Gasteiger partial charge in [-0.15, -0.1) is 0 Å². The summed E-state index contributed by atoms with van der Waals surface area (Å²) < 4.78 is 48.5. The van der Waals surface area contributed by atoms with Gasteiger partial charge in [0.15, 0.2) is 5.60 Å². The smallest absolute Gasteiger partial charge is 0.469 e. The van der Waals surface area contributed by atoms with Crippen LogP contribution in [0, 0.1) is 5.92 Å². The summed E-state index contributed by atoms with van der Waals surface area (Å²) in [6, 6.07) is 0. The van der Waals surface area contributed by atoms with Crippen molar-refractivity contribution in [2.75, 3.05) is 13.1 Å². The van der Waals surface area contributed by atoms with E-state index in [1.165, 1.54) is 18.6 Å². The Bertz CT molecular complexity index is 557. The molecule has 6 nitrogen and oxygen atoms in total. The van der Waals surface area contributed by atoms with Crippen molar-refractivity contribution in [3.05, 3.63) is 18.6 Å². The van der Waals surface area contributed by atoms with Gasteiger partial charge in [0.05, 0.1) is 6.20 Å². The number of carbonyl (C=O) groups is 1. The molecule has 2 heterocycles. The molecule has 1 saturated heterocycles. The molecule has 2 fully saturated rings. The second-order valence-electron chi connectivity index (χ2n) is 5.82. The maximum Gasteiger partial charge on any atom is 0.490 e. The van der Waals surface area contributed by atoms with Gasteiger partial charge in [-0.25, -0.2) is 9.78 Å². The summed E-state index contributed by atoms with van der Waals surface area (Å²) in [4.78, 5) is 19.2. The van der Waals surface area contributed by atoms with Gasteiger partial charge in [0, 0.05) is 31.4 Å². The van der Waals surface area contributed by atoms with Gasteiger partial charge < -0.3 is 14.8 Å². The predicted molar refractivity (Wildman–Crippen MR) is 71.5 cm³/mol.